The smallest absolute Gasteiger partial charge is 0.223 e. The van der Waals surface area contributed by atoms with Crippen LogP contribution in [-0.2, 0) is 4.79 Å². The first-order chi connectivity index (χ1) is 9.52. The van der Waals surface area contributed by atoms with Crippen molar-refractivity contribution in [1.82, 2.24) is 10.1 Å². The molecule has 0 aliphatic carbocycles. The van der Waals surface area contributed by atoms with Crippen molar-refractivity contribution in [2.75, 3.05) is 19.7 Å². The van der Waals surface area contributed by atoms with E-state index in [1.807, 2.05) is 25.7 Å². The molecule has 2 rings (SSSR count). The maximum Gasteiger partial charge on any atom is 0.223 e. The average molecular weight is 280 g/mol. The second-order valence-corrected chi connectivity index (χ2v) is 5.87. The summed E-state index contributed by atoms with van der Waals surface area (Å²) in [4.78, 5) is 14.3. The fourth-order valence-electron chi connectivity index (χ4n) is 3.13. The predicted octanol–water partition coefficient (Wildman–Crippen LogP) is 2.02. The zero-order chi connectivity index (χ0) is 14.7. The van der Waals surface area contributed by atoms with E-state index in [1.165, 1.54) is 0 Å². The number of hydrogen-bond acceptors (Lipinski definition) is 4. The lowest BCUT2D eigenvalue weighted by Gasteiger charge is -2.32. The van der Waals surface area contributed by atoms with Gasteiger partial charge in [0.05, 0.1) is 5.69 Å². The van der Waals surface area contributed by atoms with Gasteiger partial charge in [-0.3, -0.25) is 4.79 Å². The molecular weight excluding hydrogens is 256 g/mol. The molecular formula is C15H24N2O3. The Hall–Kier alpha value is -1.36. The third-order valence-corrected chi connectivity index (χ3v) is 4.19. The molecule has 1 aliphatic rings. The molecule has 0 aromatic carbocycles. The van der Waals surface area contributed by atoms with Crippen LogP contribution >= 0.6 is 0 Å². The van der Waals surface area contributed by atoms with Gasteiger partial charge in [-0.05, 0) is 38.5 Å². The van der Waals surface area contributed by atoms with Crippen LogP contribution in [0.4, 0.5) is 0 Å². The number of nitrogens with zero attached hydrogens (tertiary/aromatic N) is 2. The molecule has 2 atom stereocenters. The Morgan fingerprint density at radius 3 is 2.90 bits per heavy atom. The fourth-order valence-corrected chi connectivity index (χ4v) is 3.13. The van der Waals surface area contributed by atoms with Gasteiger partial charge in [0.15, 0.2) is 0 Å². The first kappa shape index (κ1) is 15.0. The lowest BCUT2D eigenvalue weighted by Crippen LogP contribution is -2.41. The van der Waals surface area contributed by atoms with Gasteiger partial charge in [0.1, 0.15) is 5.76 Å². The first-order valence-corrected chi connectivity index (χ1v) is 7.34. The summed E-state index contributed by atoms with van der Waals surface area (Å²) in [5, 5.41) is 13.2. The second kappa shape index (κ2) is 6.39. The number of rotatable bonds is 4. The Morgan fingerprint density at radius 2 is 2.30 bits per heavy atom. The standard InChI is InChI=1S/C15H24N2O3/c1-10(15-11(2)16-20-12(15)3)7-14(19)17-6-4-5-13(8-17)9-18/h10,13,18H,4-9H2,1-3H3. The van der Waals surface area contributed by atoms with E-state index in [1.54, 1.807) is 0 Å². The lowest BCUT2D eigenvalue weighted by atomic mass is 9.94. The number of hydrogen-bond donors (Lipinski definition) is 1. The third-order valence-electron chi connectivity index (χ3n) is 4.19. The molecule has 0 bridgehead atoms. The van der Waals surface area contributed by atoms with Crippen LogP contribution in [-0.4, -0.2) is 40.8 Å². The lowest BCUT2D eigenvalue weighted by molar-refractivity contribution is -0.133. The second-order valence-electron chi connectivity index (χ2n) is 5.87. The van der Waals surface area contributed by atoms with Gasteiger partial charge < -0.3 is 14.5 Å². The van der Waals surface area contributed by atoms with Gasteiger partial charge in [-0.25, -0.2) is 0 Å². The van der Waals surface area contributed by atoms with E-state index in [4.69, 9.17) is 4.52 Å². The third kappa shape index (κ3) is 3.20. The Morgan fingerprint density at radius 1 is 1.55 bits per heavy atom. The highest BCUT2D eigenvalue weighted by Gasteiger charge is 2.26. The molecule has 1 saturated heterocycles. The maximum atomic E-state index is 12.4. The number of carbonyl (C=O) groups is 1. The van der Waals surface area contributed by atoms with Crippen molar-refractivity contribution in [3.8, 4) is 0 Å². The zero-order valence-corrected chi connectivity index (χ0v) is 12.6. The van der Waals surface area contributed by atoms with Gasteiger partial charge in [0.25, 0.3) is 0 Å². The minimum absolute atomic E-state index is 0.114. The van der Waals surface area contributed by atoms with Crippen LogP contribution in [0.5, 0.6) is 0 Å². The van der Waals surface area contributed by atoms with Gasteiger partial charge in [0, 0.05) is 31.7 Å². The highest BCUT2D eigenvalue weighted by Crippen LogP contribution is 2.27. The summed E-state index contributed by atoms with van der Waals surface area (Å²) in [6.07, 6.45) is 2.47. The van der Waals surface area contributed by atoms with Crippen molar-refractivity contribution in [3.05, 3.63) is 17.0 Å². The first-order valence-electron chi connectivity index (χ1n) is 7.34. The van der Waals surface area contributed by atoms with Gasteiger partial charge in [-0.15, -0.1) is 0 Å². The Balaban J connectivity index is 1.97. The molecule has 0 saturated carbocycles. The van der Waals surface area contributed by atoms with Crippen molar-refractivity contribution in [3.63, 3.8) is 0 Å². The molecule has 2 unspecified atom stereocenters. The molecule has 0 spiro atoms. The highest BCUT2D eigenvalue weighted by molar-refractivity contribution is 5.77. The van der Waals surface area contributed by atoms with E-state index in [-0.39, 0.29) is 24.3 Å². The van der Waals surface area contributed by atoms with Crippen LogP contribution in [0.3, 0.4) is 0 Å². The van der Waals surface area contributed by atoms with Crippen LogP contribution in [0, 0.1) is 19.8 Å². The summed E-state index contributed by atoms with van der Waals surface area (Å²) in [5.74, 6) is 1.32. The molecule has 1 aliphatic heterocycles. The van der Waals surface area contributed by atoms with Gasteiger partial charge in [-0.1, -0.05) is 12.1 Å². The number of aliphatic hydroxyl groups excluding tert-OH is 1. The summed E-state index contributed by atoms with van der Waals surface area (Å²) in [6.45, 7) is 7.50. The van der Waals surface area contributed by atoms with Crippen LogP contribution in [0.2, 0.25) is 0 Å². The SMILES string of the molecule is Cc1noc(C)c1C(C)CC(=O)N1CCCC(CO)C1. The summed E-state index contributed by atoms with van der Waals surface area (Å²) >= 11 is 0. The molecule has 1 N–H and O–H groups in total. The largest absolute Gasteiger partial charge is 0.396 e. The number of aromatic nitrogens is 1. The van der Waals surface area contributed by atoms with Crippen LogP contribution in [0.15, 0.2) is 4.52 Å². The summed E-state index contributed by atoms with van der Waals surface area (Å²) in [5.41, 5.74) is 1.92. The van der Waals surface area contributed by atoms with Crippen molar-refractivity contribution in [2.45, 2.75) is 46.0 Å². The minimum Gasteiger partial charge on any atom is -0.396 e. The minimum atomic E-state index is 0.114. The summed E-state index contributed by atoms with van der Waals surface area (Å²) < 4.78 is 5.17. The van der Waals surface area contributed by atoms with Gasteiger partial charge in [0.2, 0.25) is 5.91 Å². The zero-order valence-electron chi connectivity index (χ0n) is 12.6. The normalized spacial score (nSPS) is 21.0. The highest BCUT2D eigenvalue weighted by atomic mass is 16.5. The number of aryl methyl sites for hydroxylation is 2. The number of likely N-dealkylation sites (tertiary alicyclic amines) is 1. The van der Waals surface area contributed by atoms with E-state index in [0.29, 0.717) is 13.0 Å². The Labute approximate surface area is 119 Å². The Bertz CT molecular complexity index is 450. The fraction of sp³-hybridized carbons (Fsp3) is 0.733. The predicted molar refractivity (Wildman–Crippen MR) is 75.4 cm³/mol. The summed E-state index contributed by atoms with van der Waals surface area (Å²) in [6, 6.07) is 0. The van der Waals surface area contributed by atoms with Gasteiger partial charge >= 0.3 is 0 Å². The van der Waals surface area contributed by atoms with Crippen LogP contribution in [0.1, 0.15) is 49.1 Å². The van der Waals surface area contributed by atoms with E-state index in [2.05, 4.69) is 5.16 Å². The van der Waals surface area contributed by atoms with Crippen LogP contribution in [0.25, 0.3) is 0 Å². The van der Waals surface area contributed by atoms with Crippen molar-refractivity contribution >= 4 is 5.91 Å². The Kier molecular flexibility index (Phi) is 4.81. The van der Waals surface area contributed by atoms with Crippen LogP contribution < -0.4 is 0 Å². The monoisotopic (exact) mass is 280 g/mol. The molecule has 112 valence electrons. The molecule has 2 heterocycles. The molecule has 5 nitrogen and oxygen atoms in total. The molecule has 1 amide bonds. The van der Waals surface area contributed by atoms with Crippen molar-refractivity contribution in [1.29, 1.82) is 0 Å². The number of carbonyl (C=O) groups excluding carboxylic acids is 1. The molecule has 20 heavy (non-hydrogen) atoms. The van der Waals surface area contributed by atoms with Gasteiger partial charge in [-0.2, -0.15) is 0 Å². The molecule has 0 radical (unpaired) electrons. The number of amides is 1. The van der Waals surface area contributed by atoms with Crippen molar-refractivity contribution in [2.24, 2.45) is 5.92 Å². The average Bonchev–Trinajstić information content (AvgIpc) is 2.78. The number of aliphatic hydroxyl groups is 1. The van der Waals surface area contributed by atoms with E-state index in [9.17, 15) is 9.90 Å². The molecule has 1 aromatic heterocycles. The van der Waals surface area contributed by atoms with E-state index in [0.717, 1.165) is 36.4 Å². The van der Waals surface area contributed by atoms with Crippen molar-refractivity contribution < 1.29 is 14.4 Å². The molecule has 1 aromatic rings. The van der Waals surface area contributed by atoms with E-state index >= 15 is 0 Å². The molecule has 5 heteroatoms. The maximum absolute atomic E-state index is 12.4. The topological polar surface area (TPSA) is 66.6 Å². The molecule has 1 fully saturated rings. The number of piperidine rings is 1. The quantitative estimate of drug-likeness (QED) is 0.916. The summed E-state index contributed by atoms with van der Waals surface area (Å²) in [7, 11) is 0. The van der Waals surface area contributed by atoms with E-state index < -0.39 is 0 Å².